The molecule has 1 aromatic heterocycles. The molecule has 33 heavy (non-hydrogen) atoms. The highest BCUT2D eigenvalue weighted by molar-refractivity contribution is 9.10. The first kappa shape index (κ1) is 23.0. The van der Waals surface area contributed by atoms with Crippen LogP contribution in [0.3, 0.4) is 0 Å². The third-order valence-corrected chi connectivity index (χ3v) is 5.62. The van der Waals surface area contributed by atoms with E-state index in [4.69, 9.17) is 16.3 Å². The second-order valence-corrected chi connectivity index (χ2v) is 8.17. The van der Waals surface area contributed by atoms with Crippen LogP contribution in [-0.2, 0) is 6.18 Å². The summed E-state index contributed by atoms with van der Waals surface area (Å²) in [4.78, 5) is 17.6. The van der Waals surface area contributed by atoms with E-state index in [2.05, 4.69) is 26.0 Å². The highest BCUT2D eigenvalue weighted by Crippen LogP contribution is 2.34. The van der Waals surface area contributed by atoms with E-state index >= 15 is 0 Å². The Morgan fingerprint density at radius 1 is 1.12 bits per heavy atom. The molecule has 0 atom stereocenters. The average molecular weight is 537 g/mol. The van der Waals surface area contributed by atoms with Crippen molar-refractivity contribution < 1.29 is 17.9 Å². The van der Waals surface area contributed by atoms with Crippen LogP contribution in [0.2, 0.25) is 5.02 Å². The van der Waals surface area contributed by atoms with Gasteiger partial charge >= 0.3 is 6.18 Å². The van der Waals surface area contributed by atoms with Gasteiger partial charge in [-0.3, -0.25) is 4.79 Å². The highest BCUT2D eigenvalue weighted by Gasteiger charge is 2.31. The van der Waals surface area contributed by atoms with Crippen LogP contribution in [0.25, 0.3) is 22.3 Å². The molecular formula is C23H14BrClF3N3O2. The molecule has 0 unspecified atom stereocenters. The molecule has 0 aliphatic carbocycles. The van der Waals surface area contributed by atoms with Crippen molar-refractivity contribution in [1.82, 2.24) is 9.66 Å². The SMILES string of the molecule is COc1c(Cl)cc(C=Nn2c(-c3cccc(C(F)(F)F)c3)nc3ccccc3c2=O)cc1Br. The van der Waals surface area contributed by atoms with Gasteiger partial charge in [0.25, 0.3) is 5.56 Å². The number of para-hydroxylation sites is 1. The number of hydrogen-bond donors (Lipinski definition) is 0. The largest absolute Gasteiger partial charge is 0.494 e. The van der Waals surface area contributed by atoms with Crippen molar-refractivity contribution >= 4 is 44.6 Å². The molecular weight excluding hydrogens is 523 g/mol. The van der Waals surface area contributed by atoms with Crippen LogP contribution in [0.15, 0.2) is 75.0 Å². The van der Waals surface area contributed by atoms with Gasteiger partial charge < -0.3 is 4.74 Å². The summed E-state index contributed by atoms with van der Waals surface area (Å²) >= 11 is 9.56. The summed E-state index contributed by atoms with van der Waals surface area (Å²) in [6, 6.07) is 14.4. The predicted molar refractivity (Wildman–Crippen MR) is 125 cm³/mol. The van der Waals surface area contributed by atoms with Gasteiger partial charge in [0.2, 0.25) is 0 Å². The summed E-state index contributed by atoms with van der Waals surface area (Å²) in [7, 11) is 1.47. The molecule has 0 amide bonds. The molecule has 5 nitrogen and oxygen atoms in total. The number of hydrogen-bond acceptors (Lipinski definition) is 4. The minimum Gasteiger partial charge on any atom is -0.494 e. The molecule has 0 saturated heterocycles. The Morgan fingerprint density at radius 3 is 2.58 bits per heavy atom. The number of rotatable bonds is 4. The van der Waals surface area contributed by atoms with Gasteiger partial charge in [-0.05, 0) is 57.9 Å². The van der Waals surface area contributed by atoms with Gasteiger partial charge in [-0.1, -0.05) is 35.9 Å². The molecule has 168 valence electrons. The zero-order valence-corrected chi connectivity index (χ0v) is 19.2. The number of halogens is 5. The molecule has 0 bridgehead atoms. The lowest BCUT2D eigenvalue weighted by atomic mass is 10.1. The molecule has 0 saturated carbocycles. The lowest BCUT2D eigenvalue weighted by Gasteiger charge is -2.12. The molecule has 0 N–H and O–H groups in total. The minimum atomic E-state index is -4.55. The van der Waals surface area contributed by atoms with Crippen molar-refractivity contribution in [2.45, 2.75) is 6.18 Å². The van der Waals surface area contributed by atoms with Crippen LogP contribution in [-0.4, -0.2) is 23.0 Å². The summed E-state index contributed by atoms with van der Waals surface area (Å²) in [5, 5.41) is 4.84. The van der Waals surface area contributed by atoms with Crippen molar-refractivity contribution in [3.8, 4) is 17.1 Å². The highest BCUT2D eigenvalue weighted by atomic mass is 79.9. The van der Waals surface area contributed by atoms with Gasteiger partial charge in [-0.25, -0.2) is 4.98 Å². The van der Waals surface area contributed by atoms with Crippen molar-refractivity contribution in [2.75, 3.05) is 7.11 Å². The van der Waals surface area contributed by atoms with Crippen molar-refractivity contribution in [2.24, 2.45) is 5.10 Å². The standard InChI is InChI=1S/C23H14BrClF3N3O2/c1-33-20-17(24)9-13(10-18(20)25)12-29-31-21(14-5-4-6-15(11-14)23(26,27)28)30-19-8-3-2-7-16(19)22(31)32/h2-12H,1H3. The van der Waals surface area contributed by atoms with E-state index in [0.717, 1.165) is 16.8 Å². The quantitative estimate of drug-likeness (QED) is 0.284. The maximum atomic E-state index is 13.3. The Balaban J connectivity index is 1.92. The molecule has 0 aliphatic heterocycles. The average Bonchev–Trinajstić information content (AvgIpc) is 2.78. The molecule has 4 aromatic rings. The summed E-state index contributed by atoms with van der Waals surface area (Å²) in [5.41, 5.74) is -0.412. The van der Waals surface area contributed by atoms with E-state index in [9.17, 15) is 18.0 Å². The Bertz CT molecular complexity index is 1430. The second-order valence-electron chi connectivity index (χ2n) is 6.91. The summed E-state index contributed by atoms with van der Waals surface area (Å²) < 4.78 is 46.6. The maximum absolute atomic E-state index is 13.3. The Hall–Kier alpha value is -3.17. The zero-order chi connectivity index (χ0) is 23.8. The molecule has 0 radical (unpaired) electrons. The molecule has 4 rings (SSSR count). The molecule has 3 aromatic carbocycles. The summed E-state index contributed by atoms with van der Waals surface area (Å²) in [5.74, 6) is 0.405. The fourth-order valence-electron chi connectivity index (χ4n) is 3.23. The first-order valence-corrected chi connectivity index (χ1v) is 10.6. The van der Waals surface area contributed by atoms with Crippen molar-refractivity contribution in [1.29, 1.82) is 0 Å². The van der Waals surface area contributed by atoms with Gasteiger partial charge in [0.05, 0.1) is 39.3 Å². The third kappa shape index (κ3) is 4.65. The first-order chi connectivity index (χ1) is 15.7. The molecule has 10 heteroatoms. The number of benzene rings is 3. The van der Waals surface area contributed by atoms with Gasteiger partial charge in [0, 0.05) is 5.56 Å². The normalized spacial score (nSPS) is 11.9. The molecule has 0 aliphatic rings. The summed E-state index contributed by atoms with van der Waals surface area (Å²) in [6.45, 7) is 0. The van der Waals surface area contributed by atoms with Crippen LogP contribution >= 0.6 is 27.5 Å². The van der Waals surface area contributed by atoms with Gasteiger partial charge in [0.15, 0.2) is 11.6 Å². The fourth-order valence-corrected chi connectivity index (χ4v) is 4.28. The topological polar surface area (TPSA) is 56.5 Å². The maximum Gasteiger partial charge on any atom is 0.416 e. The van der Waals surface area contributed by atoms with E-state index in [1.165, 1.54) is 25.5 Å². The number of methoxy groups -OCH3 is 1. The van der Waals surface area contributed by atoms with E-state index < -0.39 is 17.3 Å². The molecule has 1 heterocycles. The van der Waals surface area contributed by atoms with E-state index in [0.29, 0.717) is 26.3 Å². The van der Waals surface area contributed by atoms with Gasteiger partial charge in [0.1, 0.15) is 0 Å². The smallest absolute Gasteiger partial charge is 0.416 e. The number of fused-ring (bicyclic) bond motifs is 1. The Morgan fingerprint density at radius 2 is 1.88 bits per heavy atom. The van der Waals surface area contributed by atoms with Crippen molar-refractivity contribution in [3.05, 3.63) is 91.6 Å². The lowest BCUT2D eigenvalue weighted by Crippen LogP contribution is -2.20. The number of aromatic nitrogens is 2. The summed E-state index contributed by atoms with van der Waals surface area (Å²) in [6.07, 6.45) is -3.18. The lowest BCUT2D eigenvalue weighted by molar-refractivity contribution is -0.137. The molecule has 0 fully saturated rings. The van der Waals surface area contributed by atoms with Gasteiger partial charge in [-0.2, -0.15) is 22.9 Å². The zero-order valence-electron chi connectivity index (χ0n) is 16.9. The number of alkyl halides is 3. The van der Waals surface area contributed by atoms with Crippen LogP contribution in [0, 0.1) is 0 Å². The van der Waals surface area contributed by atoms with Crippen LogP contribution in [0.5, 0.6) is 5.75 Å². The van der Waals surface area contributed by atoms with E-state index in [-0.39, 0.29) is 16.8 Å². The number of ether oxygens (including phenoxy) is 1. The monoisotopic (exact) mass is 535 g/mol. The van der Waals surface area contributed by atoms with Crippen LogP contribution < -0.4 is 10.3 Å². The van der Waals surface area contributed by atoms with Gasteiger partial charge in [-0.15, -0.1) is 0 Å². The minimum absolute atomic E-state index is 0.0280. The Kier molecular flexibility index (Phi) is 6.27. The van der Waals surface area contributed by atoms with Crippen molar-refractivity contribution in [3.63, 3.8) is 0 Å². The third-order valence-electron chi connectivity index (χ3n) is 4.75. The van der Waals surface area contributed by atoms with Crippen LogP contribution in [0.4, 0.5) is 13.2 Å². The molecule has 0 spiro atoms. The van der Waals surface area contributed by atoms with E-state index in [1.54, 1.807) is 36.4 Å². The second kappa shape index (κ2) is 8.99. The Labute approximate surface area is 199 Å². The van der Waals surface area contributed by atoms with E-state index in [1.807, 2.05) is 0 Å². The fraction of sp³-hybridized carbons (Fsp3) is 0.0870. The first-order valence-electron chi connectivity index (χ1n) is 9.46. The number of nitrogens with zero attached hydrogens (tertiary/aromatic N) is 3. The van der Waals surface area contributed by atoms with Crippen LogP contribution in [0.1, 0.15) is 11.1 Å². The predicted octanol–water partition coefficient (Wildman–Crippen LogP) is 6.39.